The van der Waals surface area contributed by atoms with Crippen LogP contribution in [0, 0.1) is 0 Å². The zero-order valence-electron chi connectivity index (χ0n) is 9.02. The number of rotatable bonds is 7. The van der Waals surface area contributed by atoms with Crippen molar-refractivity contribution in [1.82, 2.24) is 5.32 Å². The molecule has 0 fully saturated rings. The van der Waals surface area contributed by atoms with Crippen LogP contribution in [0.1, 0.15) is 39.5 Å². The summed E-state index contributed by atoms with van der Waals surface area (Å²) in [5.74, 6) is 0.284. The van der Waals surface area contributed by atoms with Gasteiger partial charge in [0.15, 0.2) is 5.78 Å². The minimum Gasteiger partial charge on any atom is -0.330 e. The molecule has 0 aliphatic heterocycles. The molecule has 0 radical (unpaired) electrons. The Morgan fingerprint density at radius 2 is 1.92 bits per heavy atom. The summed E-state index contributed by atoms with van der Waals surface area (Å²) in [7, 11) is 1.82. The van der Waals surface area contributed by atoms with Gasteiger partial charge in [0.2, 0.25) is 0 Å². The molecule has 0 spiro atoms. The molecule has 0 unspecified atom stereocenters. The van der Waals surface area contributed by atoms with Crippen LogP contribution >= 0.6 is 0 Å². The molecule has 0 aromatic heterocycles. The number of carbonyl (C=O) groups excluding carboxylic acids is 1. The van der Waals surface area contributed by atoms with E-state index in [-0.39, 0.29) is 11.3 Å². The number of Topliss-reactive ketones (excluding diaryl/α,β-unsaturated/α-hetero) is 1. The number of ketones is 1. The van der Waals surface area contributed by atoms with E-state index in [1.807, 2.05) is 20.9 Å². The van der Waals surface area contributed by atoms with Crippen LogP contribution in [0.25, 0.3) is 0 Å². The molecule has 0 amide bonds. The zero-order chi connectivity index (χ0) is 10.3. The number of nitrogens with two attached hydrogens (primary N) is 1. The molecule has 0 atom stereocenters. The van der Waals surface area contributed by atoms with E-state index >= 15 is 0 Å². The van der Waals surface area contributed by atoms with Gasteiger partial charge in [0.25, 0.3) is 0 Å². The second kappa shape index (κ2) is 6.11. The first-order valence-corrected chi connectivity index (χ1v) is 4.97. The van der Waals surface area contributed by atoms with Gasteiger partial charge < -0.3 is 11.1 Å². The first kappa shape index (κ1) is 12.6. The molecule has 0 aliphatic carbocycles. The maximum atomic E-state index is 11.6. The third kappa shape index (κ3) is 5.01. The van der Waals surface area contributed by atoms with E-state index in [0.29, 0.717) is 6.42 Å². The zero-order valence-corrected chi connectivity index (χ0v) is 9.02. The fraction of sp³-hybridized carbons (Fsp3) is 0.900. The summed E-state index contributed by atoms with van der Waals surface area (Å²) in [5.41, 5.74) is 4.99. The second-order valence-corrected chi connectivity index (χ2v) is 3.90. The van der Waals surface area contributed by atoms with Crippen molar-refractivity contribution in [2.45, 2.75) is 45.1 Å². The van der Waals surface area contributed by atoms with E-state index in [4.69, 9.17) is 5.73 Å². The maximum absolute atomic E-state index is 11.6. The Hall–Kier alpha value is -0.410. The summed E-state index contributed by atoms with van der Waals surface area (Å²) in [6, 6.07) is 0. The number of nitrogens with one attached hydrogen (secondary N) is 1. The minimum absolute atomic E-state index is 0.284. The second-order valence-electron chi connectivity index (χ2n) is 3.90. The average Bonchev–Trinajstić information content (AvgIpc) is 2.12. The number of hydrogen-bond donors (Lipinski definition) is 2. The van der Waals surface area contributed by atoms with Gasteiger partial charge in [-0.3, -0.25) is 4.79 Å². The van der Waals surface area contributed by atoms with E-state index < -0.39 is 0 Å². The summed E-state index contributed by atoms with van der Waals surface area (Å²) in [6.07, 6.45) is 3.70. The molecule has 13 heavy (non-hydrogen) atoms. The summed E-state index contributed by atoms with van der Waals surface area (Å²) in [4.78, 5) is 11.6. The van der Waals surface area contributed by atoms with Gasteiger partial charge in [0, 0.05) is 6.42 Å². The highest BCUT2D eigenvalue weighted by Crippen LogP contribution is 2.09. The lowest BCUT2D eigenvalue weighted by Crippen LogP contribution is -2.44. The lowest BCUT2D eigenvalue weighted by Gasteiger charge is -2.22. The van der Waals surface area contributed by atoms with Crippen LogP contribution in [-0.2, 0) is 4.79 Å². The molecule has 3 N–H and O–H groups in total. The summed E-state index contributed by atoms with van der Waals surface area (Å²) < 4.78 is 0. The van der Waals surface area contributed by atoms with Gasteiger partial charge in [0.1, 0.15) is 0 Å². The van der Waals surface area contributed by atoms with Gasteiger partial charge in [-0.1, -0.05) is 6.42 Å². The van der Waals surface area contributed by atoms with Crippen LogP contribution in [0.3, 0.4) is 0 Å². The topological polar surface area (TPSA) is 55.1 Å². The van der Waals surface area contributed by atoms with Crippen molar-refractivity contribution < 1.29 is 4.79 Å². The van der Waals surface area contributed by atoms with Gasteiger partial charge in [-0.05, 0) is 40.3 Å². The molecule has 3 nitrogen and oxygen atoms in total. The molecular weight excluding hydrogens is 164 g/mol. The Morgan fingerprint density at radius 1 is 1.31 bits per heavy atom. The fourth-order valence-corrected chi connectivity index (χ4v) is 1.06. The van der Waals surface area contributed by atoms with Crippen molar-refractivity contribution in [1.29, 1.82) is 0 Å². The lowest BCUT2D eigenvalue weighted by molar-refractivity contribution is -0.124. The van der Waals surface area contributed by atoms with E-state index in [0.717, 1.165) is 25.8 Å². The third-order valence-electron chi connectivity index (χ3n) is 2.43. The molecule has 0 aromatic carbocycles. The van der Waals surface area contributed by atoms with Crippen LogP contribution in [-0.4, -0.2) is 24.9 Å². The standard InChI is InChI=1S/C10H22N2O/c1-10(2,12-3)9(13)7-5-4-6-8-11/h12H,4-8,11H2,1-3H3. The molecule has 0 bridgehead atoms. The number of likely N-dealkylation sites (N-methyl/N-ethyl adjacent to an activating group) is 1. The lowest BCUT2D eigenvalue weighted by atomic mass is 9.95. The SMILES string of the molecule is CNC(C)(C)C(=O)CCCCCN. The Balaban J connectivity index is 3.62. The van der Waals surface area contributed by atoms with Crippen molar-refractivity contribution in [3.8, 4) is 0 Å². The van der Waals surface area contributed by atoms with Crippen molar-refractivity contribution in [2.75, 3.05) is 13.6 Å². The maximum Gasteiger partial charge on any atom is 0.152 e. The third-order valence-corrected chi connectivity index (χ3v) is 2.43. The normalized spacial score (nSPS) is 11.7. The monoisotopic (exact) mass is 186 g/mol. The van der Waals surface area contributed by atoms with Gasteiger partial charge in [-0.15, -0.1) is 0 Å². The van der Waals surface area contributed by atoms with Crippen LogP contribution in [0.5, 0.6) is 0 Å². The first-order valence-electron chi connectivity index (χ1n) is 4.97. The molecule has 0 heterocycles. The van der Waals surface area contributed by atoms with E-state index in [1.165, 1.54) is 0 Å². The Labute approximate surface area is 81.1 Å². The Bertz CT molecular complexity index is 155. The average molecular weight is 186 g/mol. The van der Waals surface area contributed by atoms with Gasteiger partial charge in [0.05, 0.1) is 5.54 Å². The van der Waals surface area contributed by atoms with Crippen LogP contribution in [0.15, 0.2) is 0 Å². The van der Waals surface area contributed by atoms with Crippen molar-refractivity contribution in [2.24, 2.45) is 5.73 Å². The van der Waals surface area contributed by atoms with Gasteiger partial charge in [-0.2, -0.15) is 0 Å². The van der Waals surface area contributed by atoms with Gasteiger partial charge in [-0.25, -0.2) is 0 Å². The van der Waals surface area contributed by atoms with Gasteiger partial charge >= 0.3 is 0 Å². The summed E-state index contributed by atoms with van der Waals surface area (Å²) in [5, 5.41) is 3.01. The quantitative estimate of drug-likeness (QED) is 0.585. The fourth-order valence-electron chi connectivity index (χ4n) is 1.06. The minimum atomic E-state index is -0.372. The predicted molar refractivity (Wildman–Crippen MR) is 55.7 cm³/mol. The van der Waals surface area contributed by atoms with Crippen LogP contribution in [0.2, 0.25) is 0 Å². The largest absolute Gasteiger partial charge is 0.330 e. The number of unbranched alkanes of at least 4 members (excludes halogenated alkanes) is 2. The summed E-state index contributed by atoms with van der Waals surface area (Å²) in [6.45, 7) is 4.56. The molecule has 0 aromatic rings. The smallest absolute Gasteiger partial charge is 0.152 e. The highest BCUT2D eigenvalue weighted by Gasteiger charge is 2.23. The summed E-state index contributed by atoms with van der Waals surface area (Å²) >= 11 is 0. The molecule has 78 valence electrons. The Morgan fingerprint density at radius 3 is 2.38 bits per heavy atom. The highest BCUT2D eigenvalue weighted by molar-refractivity contribution is 5.87. The molecular formula is C10H22N2O. The first-order chi connectivity index (χ1) is 6.04. The van der Waals surface area contributed by atoms with E-state index in [2.05, 4.69) is 5.32 Å². The predicted octanol–water partition coefficient (Wildman–Crippen LogP) is 1.07. The molecule has 0 saturated carbocycles. The molecule has 0 aliphatic rings. The van der Waals surface area contributed by atoms with Crippen LogP contribution < -0.4 is 11.1 Å². The Kier molecular flexibility index (Phi) is 5.91. The highest BCUT2D eigenvalue weighted by atomic mass is 16.1. The van der Waals surface area contributed by atoms with E-state index in [9.17, 15) is 4.79 Å². The molecule has 0 rings (SSSR count). The van der Waals surface area contributed by atoms with E-state index in [1.54, 1.807) is 0 Å². The number of carbonyl (C=O) groups is 1. The number of hydrogen-bond acceptors (Lipinski definition) is 3. The van der Waals surface area contributed by atoms with Crippen LogP contribution in [0.4, 0.5) is 0 Å². The molecule has 3 heteroatoms. The van der Waals surface area contributed by atoms with Crippen molar-refractivity contribution in [3.63, 3.8) is 0 Å². The molecule has 0 saturated heterocycles. The van der Waals surface area contributed by atoms with Crippen molar-refractivity contribution in [3.05, 3.63) is 0 Å². The van der Waals surface area contributed by atoms with Crippen molar-refractivity contribution >= 4 is 5.78 Å².